The highest BCUT2D eigenvalue weighted by Crippen LogP contribution is 2.34. The van der Waals surface area contributed by atoms with Crippen LogP contribution in [-0.2, 0) is 26.1 Å². The molecular formula is C20H29N3. The maximum Gasteiger partial charge on any atom is 0.0488 e. The first kappa shape index (κ1) is 15.2. The van der Waals surface area contributed by atoms with Crippen LogP contribution in [0.3, 0.4) is 0 Å². The lowest BCUT2D eigenvalue weighted by Crippen LogP contribution is -2.30. The van der Waals surface area contributed by atoms with Gasteiger partial charge in [-0.2, -0.15) is 0 Å². The third-order valence-electron chi connectivity index (χ3n) is 6.17. The van der Waals surface area contributed by atoms with Crippen molar-refractivity contribution in [3.8, 4) is 0 Å². The molecule has 4 rings (SSSR count). The maximum atomic E-state index is 6.61. The fraction of sp³-hybridized carbons (Fsp3) is 0.600. The van der Waals surface area contributed by atoms with Gasteiger partial charge in [0.2, 0.25) is 0 Å². The van der Waals surface area contributed by atoms with Gasteiger partial charge in [-0.25, -0.2) is 0 Å². The smallest absolute Gasteiger partial charge is 0.0488 e. The quantitative estimate of drug-likeness (QED) is 0.905. The molecule has 2 aliphatic rings. The highest BCUT2D eigenvalue weighted by molar-refractivity contribution is 5.87. The first-order valence-corrected chi connectivity index (χ1v) is 9.28. The zero-order chi connectivity index (χ0) is 16.0. The number of rotatable bonds is 4. The van der Waals surface area contributed by atoms with Gasteiger partial charge >= 0.3 is 0 Å². The minimum Gasteiger partial charge on any atom is -0.345 e. The van der Waals surface area contributed by atoms with Crippen molar-refractivity contribution in [3.63, 3.8) is 0 Å². The number of nitrogens with zero attached hydrogens (tertiary/aromatic N) is 1. The van der Waals surface area contributed by atoms with Crippen LogP contribution in [0.25, 0.3) is 10.9 Å². The first-order valence-electron chi connectivity index (χ1n) is 9.28. The SMILES string of the molecule is CCn1c(C)c(CC(N)C2CCCC2)c2cc3c(cc21)CNC3. The van der Waals surface area contributed by atoms with Crippen molar-refractivity contribution < 1.29 is 0 Å². The van der Waals surface area contributed by atoms with Gasteiger partial charge in [-0.15, -0.1) is 0 Å². The first-order chi connectivity index (χ1) is 11.2. The molecule has 124 valence electrons. The summed E-state index contributed by atoms with van der Waals surface area (Å²) < 4.78 is 2.48. The minimum absolute atomic E-state index is 0.318. The van der Waals surface area contributed by atoms with Gasteiger partial charge in [0.25, 0.3) is 0 Å². The summed E-state index contributed by atoms with van der Waals surface area (Å²) in [5.41, 5.74) is 13.9. The van der Waals surface area contributed by atoms with Gasteiger partial charge in [0.05, 0.1) is 0 Å². The number of nitrogens with one attached hydrogen (secondary N) is 1. The lowest BCUT2D eigenvalue weighted by molar-refractivity contribution is 0.429. The highest BCUT2D eigenvalue weighted by atomic mass is 15.0. The van der Waals surface area contributed by atoms with Crippen LogP contribution in [0.2, 0.25) is 0 Å². The fourth-order valence-electron chi connectivity index (χ4n) is 4.79. The molecule has 0 bridgehead atoms. The van der Waals surface area contributed by atoms with E-state index in [4.69, 9.17) is 5.73 Å². The summed E-state index contributed by atoms with van der Waals surface area (Å²) >= 11 is 0. The molecule has 1 saturated carbocycles. The molecule has 1 aromatic carbocycles. The van der Waals surface area contributed by atoms with Crippen LogP contribution in [0, 0.1) is 12.8 Å². The Hall–Kier alpha value is -1.32. The summed E-state index contributed by atoms with van der Waals surface area (Å²) in [6.45, 7) is 7.58. The molecular weight excluding hydrogens is 282 g/mol. The van der Waals surface area contributed by atoms with Crippen LogP contribution >= 0.6 is 0 Å². The number of benzene rings is 1. The van der Waals surface area contributed by atoms with Gasteiger partial charge in [0.15, 0.2) is 0 Å². The Balaban J connectivity index is 1.77. The predicted octanol–water partition coefficient (Wildman–Crippen LogP) is 3.63. The molecule has 1 unspecified atom stereocenters. The average molecular weight is 311 g/mol. The van der Waals surface area contributed by atoms with Crippen molar-refractivity contribution >= 4 is 10.9 Å². The summed E-state index contributed by atoms with van der Waals surface area (Å²) in [4.78, 5) is 0. The molecule has 1 aliphatic carbocycles. The van der Waals surface area contributed by atoms with Crippen molar-refractivity contribution in [2.24, 2.45) is 11.7 Å². The molecule has 1 aromatic heterocycles. The van der Waals surface area contributed by atoms with Gasteiger partial charge in [-0.3, -0.25) is 0 Å². The molecule has 0 spiro atoms. The van der Waals surface area contributed by atoms with E-state index in [2.05, 4.69) is 35.9 Å². The molecule has 0 saturated heterocycles. The van der Waals surface area contributed by atoms with E-state index in [-0.39, 0.29) is 0 Å². The number of nitrogens with two attached hydrogens (primary N) is 1. The molecule has 3 N–H and O–H groups in total. The second kappa shape index (κ2) is 5.95. The highest BCUT2D eigenvalue weighted by Gasteiger charge is 2.25. The molecule has 1 aliphatic heterocycles. The normalized spacial score (nSPS) is 19.6. The Kier molecular flexibility index (Phi) is 3.94. The summed E-state index contributed by atoms with van der Waals surface area (Å²) in [5.74, 6) is 0.727. The second-order valence-corrected chi connectivity index (χ2v) is 7.46. The number of fused-ring (bicyclic) bond motifs is 2. The lowest BCUT2D eigenvalue weighted by atomic mass is 9.91. The van der Waals surface area contributed by atoms with Crippen LogP contribution < -0.4 is 11.1 Å². The third kappa shape index (κ3) is 2.50. The summed E-state index contributed by atoms with van der Waals surface area (Å²) in [5, 5.41) is 4.92. The average Bonchev–Trinajstić information content (AvgIpc) is 3.26. The maximum absolute atomic E-state index is 6.61. The van der Waals surface area contributed by atoms with Crippen molar-refractivity contribution in [2.75, 3.05) is 0 Å². The Bertz CT molecular complexity index is 722. The van der Waals surface area contributed by atoms with Crippen LogP contribution in [0.1, 0.15) is 55.0 Å². The largest absolute Gasteiger partial charge is 0.345 e. The molecule has 1 fully saturated rings. The number of hydrogen-bond donors (Lipinski definition) is 2. The number of aromatic nitrogens is 1. The topological polar surface area (TPSA) is 43.0 Å². The molecule has 1 atom stereocenters. The van der Waals surface area contributed by atoms with Crippen molar-refractivity contribution in [1.29, 1.82) is 0 Å². The Morgan fingerprint density at radius 1 is 1.22 bits per heavy atom. The zero-order valence-electron chi connectivity index (χ0n) is 14.5. The van der Waals surface area contributed by atoms with E-state index in [0.717, 1.165) is 32.0 Å². The van der Waals surface area contributed by atoms with E-state index >= 15 is 0 Å². The van der Waals surface area contributed by atoms with E-state index in [9.17, 15) is 0 Å². The molecule has 3 nitrogen and oxygen atoms in total. The minimum atomic E-state index is 0.318. The standard InChI is InChI=1S/C20H29N3/c1-3-23-13(2)17(10-19(21)14-6-4-5-7-14)18-8-15-11-22-12-16(15)9-20(18)23/h8-9,14,19,22H,3-7,10-12,21H2,1-2H3. The van der Waals surface area contributed by atoms with Gasteiger partial charge in [-0.1, -0.05) is 12.8 Å². The second-order valence-electron chi connectivity index (χ2n) is 7.46. The van der Waals surface area contributed by atoms with Gasteiger partial charge in [-0.05, 0) is 67.9 Å². The van der Waals surface area contributed by atoms with Crippen molar-refractivity contribution in [1.82, 2.24) is 9.88 Å². The Morgan fingerprint density at radius 3 is 2.61 bits per heavy atom. The van der Waals surface area contributed by atoms with Crippen LogP contribution in [-0.4, -0.2) is 10.6 Å². The van der Waals surface area contributed by atoms with Gasteiger partial charge < -0.3 is 15.6 Å². The monoisotopic (exact) mass is 311 g/mol. The van der Waals surface area contributed by atoms with Crippen LogP contribution in [0.4, 0.5) is 0 Å². The van der Waals surface area contributed by atoms with Crippen LogP contribution in [0.5, 0.6) is 0 Å². The van der Waals surface area contributed by atoms with Gasteiger partial charge in [0, 0.05) is 42.3 Å². The molecule has 23 heavy (non-hydrogen) atoms. The summed E-state index contributed by atoms with van der Waals surface area (Å²) in [6.07, 6.45) is 6.42. The molecule has 2 aromatic rings. The number of aryl methyl sites for hydroxylation is 1. The van der Waals surface area contributed by atoms with E-state index in [0.29, 0.717) is 6.04 Å². The number of hydrogen-bond acceptors (Lipinski definition) is 2. The van der Waals surface area contributed by atoms with E-state index in [1.165, 1.54) is 59.0 Å². The van der Waals surface area contributed by atoms with E-state index in [1.54, 1.807) is 0 Å². The molecule has 0 amide bonds. The Morgan fingerprint density at radius 2 is 1.91 bits per heavy atom. The van der Waals surface area contributed by atoms with E-state index < -0.39 is 0 Å². The fourth-order valence-corrected chi connectivity index (χ4v) is 4.79. The lowest BCUT2D eigenvalue weighted by Gasteiger charge is -2.19. The van der Waals surface area contributed by atoms with Crippen molar-refractivity contribution in [2.45, 2.75) is 71.6 Å². The summed E-state index contributed by atoms with van der Waals surface area (Å²) in [6, 6.07) is 5.16. The van der Waals surface area contributed by atoms with Crippen molar-refractivity contribution in [3.05, 3.63) is 34.5 Å². The Labute approximate surface area is 139 Å². The molecule has 0 radical (unpaired) electrons. The molecule has 2 heterocycles. The van der Waals surface area contributed by atoms with Crippen LogP contribution in [0.15, 0.2) is 12.1 Å². The summed E-state index contributed by atoms with van der Waals surface area (Å²) in [7, 11) is 0. The zero-order valence-corrected chi connectivity index (χ0v) is 14.5. The van der Waals surface area contributed by atoms with E-state index in [1.807, 2.05) is 0 Å². The molecule has 3 heteroatoms. The predicted molar refractivity (Wildman–Crippen MR) is 96.5 cm³/mol. The van der Waals surface area contributed by atoms with Gasteiger partial charge in [0.1, 0.15) is 0 Å². The third-order valence-corrected chi connectivity index (χ3v) is 6.17.